The monoisotopic (exact) mass is 215 g/mol. The maximum Gasteiger partial charge on any atom is 0.264 e. The molecule has 0 aliphatic carbocycles. The maximum atomic E-state index is 11.8. The topological polar surface area (TPSA) is 46.6 Å². The summed E-state index contributed by atoms with van der Waals surface area (Å²) in [5, 5.41) is 0. The first-order chi connectivity index (χ1) is 6.62. The van der Waals surface area contributed by atoms with Crippen molar-refractivity contribution in [2.45, 2.75) is 11.8 Å². The van der Waals surface area contributed by atoms with Crippen LogP contribution >= 0.6 is 0 Å². The molecule has 0 saturated carbocycles. The van der Waals surface area contributed by atoms with E-state index in [9.17, 15) is 8.42 Å². The number of hydrogen-bond donors (Lipinski definition) is 0. The van der Waals surface area contributed by atoms with Crippen molar-refractivity contribution < 1.29 is 13.3 Å². The molecule has 0 saturated heterocycles. The lowest BCUT2D eigenvalue weighted by molar-refractivity contribution is -0.0442. The zero-order chi connectivity index (χ0) is 10.6. The van der Waals surface area contributed by atoms with E-state index >= 15 is 0 Å². The van der Waals surface area contributed by atoms with E-state index in [1.54, 1.807) is 25.1 Å². The van der Waals surface area contributed by atoms with Gasteiger partial charge in [-0.05, 0) is 19.1 Å². The third-order valence-corrected chi connectivity index (χ3v) is 3.58. The molecule has 1 aromatic carbocycles. The fraction of sp³-hybridized carbons (Fsp3) is 0.333. The van der Waals surface area contributed by atoms with Crippen LogP contribution in [0.15, 0.2) is 35.2 Å². The van der Waals surface area contributed by atoms with Crippen molar-refractivity contribution >= 4 is 10.0 Å². The largest absolute Gasteiger partial charge is 0.287 e. The molecule has 0 fully saturated rings. The lowest BCUT2D eigenvalue weighted by Crippen LogP contribution is -2.29. The Morgan fingerprint density at radius 3 is 2.29 bits per heavy atom. The van der Waals surface area contributed by atoms with Crippen LogP contribution < -0.4 is 0 Å². The average molecular weight is 215 g/mol. The fourth-order valence-electron chi connectivity index (χ4n) is 1.11. The normalized spacial score (nSPS) is 11.9. The van der Waals surface area contributed by atoms with Crippen LogP contribution in [0.3, 0.4) is 0 Å². The SMILES string of the molecule is CCN(OC)S(=O)(=O)c1ccccc1. The molecule has 0 radical (unpaired) electrons. The number of benzene rings is 1. The molecule has 0 unspecified atom stereocenters. The highest BCUT2D eigenvalue weighted by atomic mass is 32.2. The van der Waals surface area contributed by atoms with Crippen molar-refractivity contribution in [3.8, 4) is 0 Å². The maximum absolute atomic E-state index is 11.8. The summed E-state index contributed by atoms with van der Waals surface area (Å²) < 4.78 is 24.5. The van der Waals surface area contributed by atoms with Crippen molar-refractivity contribution in [3.05, 3.63) is 30.3 Å². The Kier molecular flexibility index (Phi) is 3.62. The van der Waals surface area contributed by atoms with Gasteiger partial charge >= 0.3 is 0 Å². The zero-order valence-electron chi connectivity index (χ0n) is 8.17. The lowest BCUT2D eigenvalue weighted by atomic mass is 10.4. The van der Waals surface area contributed by atoms with Crippen molar-refractivity contribution in [2.24, 2.45) is 0 Å². The number of hydroxylamine groups is 1. The Bertz CT molecular complexity index is 370. The second-order valence-electron chi connectivity index (χ2n) is 2.62. The van der Waals surface area contributed by atoms with E-state index in [1.165, 1.54) is 19.2 Å². The zero-order valence-corrected chi connectivity index (χ0v) is 8.99. The molecule has 0 N–H and O–H groups in total. The summed E-state index contributed by atoms with van der Waals surface area (Å²) in [6, 6.07) is 8.20. The molecule has 4 nitrogen and oxygen atoms in total. The van der Waals surface area contributed by atoms with Gasteiger partial charge in [0.2, 0.25) is 0 Å². The van der Waals surface area contributed by atoms with Gasteiger partial charge in [0.15, 0.2) is 0 Å². The third kappa shape index (κ3) is 2.12. The van der Waals surface area contributed by atoms with Gasteiger partial charge < -0.3 is 0 Å². The molecule has 0 spiro atoms. The van der Waals surface area contributed by atoms with Crippen LogP contribution in [0.1, 0.15) is 6.92 Å². The summed E-state index contributed by atoms with van der Waals surface area (Å²) in [6.07, 6.45) is 0. The van der Waals surface area contributed by atoms with Gasteiger partial charge in [-0.2, -0.15) is 0 Å². The summed E-state index contributed by atoms with van der Waals surface area (Å²) in [4.78, 5) is 5.00. The van der Waals surface area contributed by atoms with Crippen LogP contribution in [-0.2, 0) is 14.9 Å². The van der Waals surface area contributed by atoms with E-state index < -0.39 is 10.0 Å². The van der Waals surface area contributed by atoms with Gasteiger partial charge in [0, 0.05) is 6.54 Å². The molecule has 0 heterocycles. The molecule has 78 valence electrons. The Morgan fingerprint density at radius 1 is 1.29 bits per heavy atom. The summed E-state index contributed by atoms with van der Waals surface area (Å²) >= 11 is 0. The van der Waals surface area contributed by atoms with Gasteiger partial charge in [-0.1, -0.05) is 22.7 Å². The van der Waals surface area contributed by atoms with Gasteiger partial charge in [-0.15, -0.1) is 0 Å². The Morgan fingerprint density at radius 2 is 1.86 bits per heavy atom. The van der Waals surface area contributed by atoms with Crippen LogP contribution in [0.25, 0.3) is 0 Å². The van der Waals surface area contributed by atoms with E-state index in [0.717, 1.165) is 4.47 Å². The molecule has 1 rings (SSSR count). The number of hydrogen-bond acceptors (Lipinski definition) is 3. The fourth-order valence-corrected chi connectivity index (χ4v) is 2.38. The smallest absolute Gasteiger partial charge is 0.264 e. The molecule has 0 aliphatic rings. The highest BCUT2D eigenvalue weighted by Gasteiger charge is 2.22. The third-order valence-electron chi connectivity index (χ3n) is 1.77. The molecule has 5 heteroatoms. The number of rotatable bonds is 4. The molecule has 1 aromatic rings. The summed E-state index contributed by atoms with van der Waals surface area (Å²) in [5.41, 5.74) is 0. The van der Waals surface area contributed by atoms with Crippen LogP contribution in [0, 0.1) is 0 Å². The molecule has 0 aliphatic heterocycles. The summed E-state index contributed by atoms with van der Waals surface area (Å²) in [6.45, 7) is 2.00. The predicted molar refractivity (Wildman–Crippen MR) is 53.0 cm³/mol. The minimum atomic E-state index is -3.49. The van der Waals surface area contributed by atoms with Crippen molar-refractivity contribution in [1.29, 1.82) is 0 Å². The van der Waals surface area contributed by atoms with Gasteiger partial charge in [0.05, 0.1) is 12.0 Å². The summed E-state index contributed by atoms with van der Waals surface area (Å²) in [5.74, 6) is 0. The quantitative estimate of drug-likeness (QED) is 0.710. The van der Waals surface area contributed by atoms with Gasteiger partial charge in [-0.3, -0.25) is 4.84 Å². The first-order valence-electron chi connectivity index (χ1n) is 4.24. The van der Waals surface area contributed by atoms with Crippen LogP contribution in [0.4, 0.5) is 0 Å². The average Bonchev–Trinajstić information content (AvgIpc) is 2.20. The molecular weight excluding hydrogens is 202 g/mol. The van der Waals surface area contributed by atoms with Gasteiger partial charge in [0.1, 0.15) is 0 Å². The highest BCUT2D eigenvalue weighted by Crippen LogP contribution is 2.14. The highest BCUT2D eigenvalue weighted by molar-refractivity contribution is 7.89. The first kappa shape index (κ1) is 11.2. The number of sulfonamides is 1. The molecule has 14 heavy (non-hydrogen) atoms. The standard InChI is InChI=1S/C9H13NO3S/c1-3-10(13-2)14(11,12)9-7-5-4-6-8-9/h4-8H,3H2,1-2H3. The molecule has 0 bridgehead atoms. The van der Waals surface area contributed by atoms with Crippen LogP contribution in [-0.4, -0.2) is 26.5 Å². The van der Waals surface area contributed by atoms with E-state index in [-0.39, 0.29) is 11.4 Å². The van der Waals surface area contributed by atoms with E-state index in [4.69, 9.17) is 4.84 Å². The van der Waals surface area contributed by atoms with E-state index in [2.05, 4.69) is 0 Å². The second kappa shape index (κ2) is 4.54. The number of nitrogens with zero attached hydrogens (tertiary/aromatic N) is 1. The molecule has 0 atom stereocenters. The molecule has 0 aromatic heterocycles. The van der Waals surface area contributed by atoms with Crippen LogP contribution in [0.2, 0.25) is 0 Å². The van der Waals surface area contributed by atoms with Crippen molar-refractivity contribution in [1.82, 2.24) is 4.47 Å². The van der Waals surface area contributed by atoms with Gasteiger partial charge in [-0.25, -0.2) is 8.42 Å². The first-order valence-corrected chi connectivity index (χ1v) is 5.68. The van der Waals surface area contributed by atoms with Gasteiger partial charge in [0.25, 0.3) is 10.0 Å². The van der Waals surface area contributed by atoms with Crippen molar-refractivity contribution in [3.63, 3.8) is 0 Å². The van der Waals surface area contributed by atoms with Crippen LogP contribution in [0.5, 0.6) is 0 Å². The molecule has 0 amide bonds. The lowest BCUT2D eigenvalue weighted by Gasteiger charge is -2.16. The van der Waals surface area contributed by atoms with E-state index in [0.29, 0.717) is 0 Å². The Balaban J connectivity index is 3.08. The Labute approximate surface area is 84.1 Å². The second-order valence-corrected chi connectivity index (χ2v) is 4.45. The predicted octanol–water partition coefficient (Wildman–Crippen LogP) is 1.26. The molecular formula is C9H13NO3S. The minimum absolute atomic E-state index is 0.240. The Hall–Kier alpha value is -0.910. The minimum Gasteiger partial charge on any atom is -0.287 e. The summed E-state index contributed by atoms with van der Waals surface area (Å²) in [7, 11) is -2.15. The van der Waals surface area contributed by atoms with Crippen molar-refractivity contribution in [2.75, 3.05) is 13.7 Å². The van der Waals surface area contributed by atoms with E-state index in [1.807, 2.05) is 0 Å².